The van der Waals surface area contributed by atoms with Gasteiger partial charge in [-0.15, -0.1) is 0 Å². The minimum atomic E-state index is -4.43. The van der Waals surface area contributed by atoms with Gasteiger partial charge in [0.2, 0.25) is 5.91 Å². The number of hydrogen-bond donors (Lipinski definition) is 1. The Bertz CT molecular complexity index is 1240. The highest BCUT2D eigenvalue weighted by atomic mass is 35.5. The summed E-state index contributed by atoms with van der Waals surface area (Å²) in [5.74, 6) is -0.746. The first-order valence-electron chi connectivity index (χ1n) is 10.2. The molecule has 0 aliphatic carbocycles. The van der Waals surface area contributed by atoms with Gasteiger partial charge in [-0.3, -0.25) is 14.5 Å². The Morgan fingerprint density at radius 1 is 1.00 bits per heavy atom. The summed E-state index contributed by atoms with van der Waals surface area (Å²) in [6.07, 6.45) is -2.90. The lowest BCUT2D eigenvalue weighted by molar-refractivity contribution is -0.137. The van der Waals surface area contributed by atoms with E-state index in [1.165, 1.54) is 34.9 Å². The molecular weight excluding hydrogens is 485 g/mol. The van der Waals surface area contributed by atoms with Crippen molar-refractivity contribution in [2.45, 2.75) is 17.6 Å². The molecule has 34 heavy (non-hydrogen) atoms. The summed E-state index contributed by atoms with van der Waals surface area (Å²) in [6, 6.07) is 18.8. The molecule has 4 nitrogen and oxygen atoms in total. The Labute approximate surface area is 203 Å². The molecule has 0 radical (unpaired) electrons. The third kappa shape index (κ3) is 5.63. The van der Waals surface area contributed by atoms with Crippen LogP contribution in [0.25, 0.3) is 6.08 Å². The predicted octanol–water partition coefficient (Wildman–Crippen LogP) is 6.16. The Morgan fingerprint density at radius 3 is 2.35 bits per heavy atom. The molecule has 0 saturated heterocycles. The smallest absolute Gasteiger partial charge is 0.350 e. The molecule has 1 aliphatic rings. The Kier molecular flexibility index (Phi) is 7.00. The highest BCUT2D eigenvalue weighted by Crippen LogP contribution is 2.42. The van der Waals surface area contributed by atoms with Crippen LogP contribution in [0.5, 0.6) is 0 Å². The lowest BCUT2D eigenvalue weighted by atomic mass is 10.1. The molecule has 174 valence electrons. The number of benzene rings is 3. The van der Waals surface area contributed by atoms with Crippen LogP contribution in [0, 0.1) is 0 Å². The van der Waals surface area contributed by atoms with Crippen molar-refractivity contribution in [2.24, 2.45) is 0 Å². The van der Waals surface area contributed by atoms with Gasteiger partial charge in [-0.05, 0) is 53.6 Å². The molecular formula is C25H18ClF3N2O2S. The van der Waals surface area contributed by atoms with Crippen LogP contribution in [0.4, 0.5) is 18.9 Å². The summed E-state index contributed by atoms with van der Waals surface area (Å²) in [5.41, 5.74) is 1.15. The average molecular weight is 503 g/mol. The first-order chi connectivity index (χ1) is 16.2. The second-order valence-corrected chi connectivity index (χ2v) is 9.01. The standard InChI is InChI=1S/C25H18ClF3N2O2S/c26-19-11-7-17(8-12-19)14-30-23(32)15-31-20-3-1-2-4-21(20)34-22(24(31)33)13-16-5-9-18(10-6-16)25(27,28)29/h1-13H,14-15H2,(H,30,32)/b22-13-. The summed E-state index contributed by atoms with van der Waals surface area (Å²) in [4.78, 5) is 28.3. The van der Waals surface area contributed by atoms with Gasteiger partial charge < -0.3 is 5.32 Å². The Balaban J connectivity index is 1.53. The number of hydrogen-bond acceptors (Lipinski definition) is 3. The molecule has 1 heterocycles. The third-order valence-electron chi connectivity index (χ3n) is 5.07. The maximum Gasteiger partial charge on any atom is 0.416 e. The summed E-state index contributed by atoms with van der Waals surface area (Å²) in [6.45, 7) is 0.0804. The zero-order valence-electron chi connectivity index (χ0n) is 17.6. The predicted molar refractivity (Wildman–Crippen MR) is 127 cm³/mol. The number of carbonyl (C=O) groups excluding carboxylic acids is 2. The van der Waals surface area contributed by atoms with Gasteiger partial charge in [0, 0.05) is 16.5 Å². The second kappa shape index (κ2) is 9.95. The van der Waals surface area contributed by atoms with Crippen molar-refractivity contribution in [1.82, 2.24) is 5.32 Å². The van der Waals surface area contributed by atoms with Crippen molar-refractivity contribution in [1.29, 1.82) is 0 Å². The van der Waals surface area contributed by atoms with E-state index in [1.54, 1.807) is 36.4 Å². The van der Waals surface area contributed by atoms with Crippen LogP contribution >= 0.6 is 23.4 Å². The van der Waals surface area contributed by atoms with Gasteiger partial charge in [-0.1, -0.05) is 59.8 Å². The minimum absolute atomic E-state index is 0.200. The number of nitrogens with one attached hydrogen (secondary N) is 1. The first-order valence-corrected chi connectivity index (χ1v) is 11.4. The van der Waals surface area contributed by atoms with Crippen molar-refractivity contribution in [3.63, 3.8) is 0 Å². The highest BCUT2D eigenvalue weighted by molar-refractivity contribution is 8.04. The number of para-hydroxylation sites is 1. The third-order valence-corrected chi connectivity index (χ3v) is 6.40. The zero-order valence-corrected chi connectivity index (χ0v) is 19.2. The van der Waals surface area contributed by atoms with Gasteiger partial charge in [0.05, 0.1) is 16.2 Å². The minimum Gasteiger partial charge on any atom is -0.350 e. The normalized spacial score (nSPS) is 14.8. The summed E-state index contributed by atoms with van der Waals surface area (Å²) in [7, 11) is 0. The van der Waals surface area contributed by atoms with Crippen LogP contribution in [0.2, 0.25) is 5.02 Å². The van der Waals surface area contributed by atoms with Crippen molar-refractivity contribution < 1.29 is 22.8 Å². The number of nitrogens with zero attached hydrogens (tertiary/aromatic N) is 1. The summed E-state index contributed by atoms with van der Waals surface area (Å²) in [5, 5.41) is 3.39. The van der Waals surface area contributed by atoms with Gasteiger partial charge in [-0.25, -0.2) is 0 Å². The molecule has 4 rings (SSSR count). The number of thioether (sulfide) groups is 1. The molecule has 0 bridgehead atoms. The Hall–Kier alpha value is -3.23. The fourth-order valence-corrected chi connectivity index (χ4v) is 4.53. The van der Waals surface area contributed by atoms with Gasteiger partial charge in [0.1, 0.15) is 6.54 Å². The van der Waals surface area contributed by atoms with Crippen molar-refractivity contribution >= 4 is 46.9 Å². The van der Waals surface area contributed by atoms with Crippen LogP contribution < -0.4 is 10.2 Å². The number of carbonyl (C=O) groups is 2. The van der Waals surface area contributed by atoms with Gasteiger partial charge >= 0.3 is 6.18 Å². The van der Waals surface area contributed by atoms with Crippen LogP contribution in [0.15, 0.2) is 82.6 Å². The fourth-order valence-electron chi connectivity index (χ4n) is 3.34. The monoisotopic (exact) mass is 502 g/mol. The first kappa shape index (κ1) is 23.9. The van der Waals surface area contributed by atoms with Gasteiger partial charge in [0.15, 0.2) is 0 Å². The molecule has 0 saturated carbocycles. The topological polar surface area (TPSA) is 49.4 Å². The number of amides is 2. The maximum absolute atomic E-state index is 13.2. The van der Waals surface area contributed by atoms with Crippen molar-refractivity contribution in [2.75, 3.05) is 11.4 Å². The van der Waals surface area contributed by atoms with E-state index in [0.717, 1.165) is 22.6 Å². The van der Waals surface area contributed by atoms with E-state index in [0.29, 0.717) is 21.2 Å². The van der Waals surface area contributed by atoms with Crippen LogP contribution in [0.3, 0.4) is 0 Å². The number of fused-ring (bicyclic) bond motifs is 1. The van der Waals surface area contributed by atoms with Crippen molar-refractivity contribution in [3.05, 3.63) is 99.4 Å². The van der Waals surface area contributed by atoms with E-state index >= 15 is 0 Å². The second-order valence-electron chi connectivity index (χ2n) is 7.49. The Morgan fingerprint density at radius 2 is 1.68 bits per heavy atom. The van der Waals surface area contributed by atoms with E-state index in [2.05, 4.69) is 5.32 Å². The molecule has 1 N–H and O–H groups in total. The molecule has 2 amide bonds. The number of anilines is 1. The van der Waals surface area contributed by atoms with Crippen LogP contribution in [-0.2, 0) is 22.3 Å². The lowest BCUT2D eigenvalue weighted by Crippen LogP contribution is -2.42. The lowest BCUT2D eigenvalue weighted by Gasteiger charge is -2.29. The highest BCUT2D eigenvalue weighted by Gasteiger charge is 2.31. The van der Waals surface area contributed by atoms with E-state index in [9.17, 15) is 22.8 Å². The molecule has 0 aromatic heterocycles. The van der Waals surface area contributed by atoms with Gasteiger partial charge in [-0.2, -0.15) is 13.2 Å². The quantitative estimate of drug-likeness (QED) is 0.425. The maximum atomic E-state index is 13.2. The summed E-state index contributed by atoms with van der Waals surface area (Å²) < 4.78 is 38.5. The molecule has 0 fully saturated rings. The molecule has 0 spiro atoms. The van der Waals surface area contributed by atoms with Gasteiger partial charge in [0.25, 0.3) is 5.91 Å². The average Bonchev–Trinajstić information content (AvgIpc) is 2.81. The van der Waals surface area contributed by atoms with E-state index in [1.807, 2.05) is 12.1 Å². The molecule has 0 atom stereocenters. The number of rotatable bonds is 5. The van der Waals surface area contributed by atoms with Crippen molar-refractivity contribution in [3.8, 4) is 0 Å². The number of halogens is 4. The van der Waals surface area contributed by atoms with E-state index < -0.39 is 17.6 Å². The molecule has 3 aromatic carbocycles. The summed E-state index contributed by atoms with van der Waals surface area (Å²) >= 11 is 7.09. The zero-order chi connectivity index (χ0) is 24.3. The largest absolute Gasteiger partial charge is 0.416 e. The molecule has 1 aliphatic heterocycles. The molecule has 0 unspecified atom stereocenters. The molecule has 9 heteroatoms. The molecule has 3 aromatic rings. The SMILES string of the molecule is O=C(CN1C(=O)/C(=C/c2ccc(C(F)(F)F)cc2)Sc2ccccc21)NCc1ccc(Cl)cc1. The van der Waals surface area contributed by atoms with E-state index in [4.69, 9.17) is 11.6 Å². The fraction of sp³-hybridized carbons (Fsp3) is 0.120. The van der Waals surface area contributed by atoms with E-state index in [-0.39, 0.29) is 19.0 Å². The van der Waals surface area contributed by atoms with Crippen LogP contribution in [-0.4, -0.2) is 18.4 Å². The number of alkyl halides is 3. The van der Waals surface area contributed by atoms with Crippen LogP contribution in [0.1, 0.15) is 16.7 Å².